The van der Waals surface area contributed by atoms with Gasteiger partial charge in [-0.2, -0.15) is 0 Å². The van der Waals surface area contributed by atoms with Crippen molar-refractivity contribution in [2.45, 2.75) is 52.9 Å². The first-order chi connectivity index (χ1) is 14.7. The average molecular weight is 412 g/mol. The van der Waals surface area contributed by atoms with E-state index in [4.69, 9.17) is 4.79 Å². The number of carbonyl (C=O) groups is 2. The number of phenols is 1. The minimum atomic E-state index is -0.0836. The number of rotatable bonds is 10. The molecule has 0 aliphatic heterocycles. The second-order valence-electron chi connectivity index (χ2n) is 6.66. The van der Waals surface area contributed by atoms with Crippen molar-refractivity contribution >= 4 is 12.7 Å². The monoisotopic (exact) mass is 411 g/mol. The van der Waals surface area contributed by atoms with Gasteiger partial charge < -0.3 is 15.2 Å². The van der Waals surface area contributed by atoms with E-state index >= 15 is 0 Å². The standard InChI is InChI=1S/C23H29NO2.C2H6.CH2O/c1-2-3-9-20(13-8-7-12-19-10-5-4-6-11-19)18-24-23(26)21-14-16-22(25)17-15-21;2*1-2/h4-8,10-11,14-17,20,25H,2-3,9,12-13,18H2,1H3,(H,24,26);1-2H3;1H2. The van der Waals surface area contributed by atoms with Gasteiger partial charge in [-0.3, -0.25) is 4.79 Å². The lowest BCUT2D eigenvalue weighted by Crippen LogP contribution is -2.29. The van der Waals surface area contributed by atoms with E-state index in [0.717, 1.165) is 25.7 Å². The molecule has 0 aliphatic carbocycles. The highest BCUT2D eigenvalue weighted by Crippen LogP contribution is 2.14. The van der Waals surface area contributed by atoms with E-state index in [0.29, 0.717) is 18.0 Å². The number of aromatic hydroxyl groups is 1. The number of allylic oxidation sites excluding steroid dienone is 2. The van der Waals surface area contributed by atoms with Crippen molar-refractivity contribution in [3.05, 3.63) is 77.9 Å². The quantitative estimate of drug-likeness (QED) is 0.474. The maximum Gasteiger partial charge on any atom is 0.251 e. The number of hydrogen-bond acceptors (Lipinski definition) is 3. The molecule has 0 radical (unpaired) electrons. The van der Waals surface area contributed by atoms with Gasteiger partial charge in [0.05, 0.1) is 0 Å². The molecule has 2 aromatic rings. The van der Waals surface area contributed by atoms with Crippen LogP contribution in [0, 0.1) is 5.92 Å². The van der Waals surface area contributed by atoms with Crippen molar-refractivity contribution in [1.82, 2.24) is 5.32 Å². The van der Waals surface area contributed by atoms with Gasteiger partial charge in [-0.1, -0.05) is 76.1 Å². The Bertz CT molecular complexity index is 696. The molecule has 0 aromatic heterocycles. The fourth-order valence-corrected chi connectivity index (χ4v) is 2.87. The predicted molar refractivity (Wildman–Crippen MR) is 126 cm³/mol. The molecule has 2 N–H and O–H groups in total. The molecule has 0 aliphatic rings. The molecule has 0 bridgehead atoms. The van der Waals surface area contributed by atoms with Crippen LogP contribution in [-0.4, -0.2) is 24.3 Å². The van der Waals surface area contributed by atoms with Crippen LogP contribution in [0.4, 0.5) is 0 Å². The lowest BCUT2D eigenvalue weighted by atomic mass is 9.97. The van der Waals surface area contributed by atoms with E-state index in [-0.39, 0.29) is 11.7 Å². The molecular weight excluding hydrogens is 374 g/mol. The Kier molecular flexibility index (Phi) is 16.4. The first-order valence-corrected chi connectivity index (χ1v) is 10.7. The molecule has 1 amide bonds. The Morgan fingerprint density at radius 2 is 1.67 bits per heavy atom. The zero-order valence-corrected chi connectivity index (χ0v) is 18.6. The Labute approximate surface area is 182 Å². The smallest absolute Gasteiger partial charge is 0.251 e. The zero-order chi connectivity index (χ0) is 22.6. The van der Waals surface area contributed by atoms with Crippen LogP contribution in [-0.2, 0) is 11.2 Å². The summed E-state index contributed by atoms with van der Waals surface area (Å²) in [6.45, 7) is 8.87. The molecule has 164 valence electrons. The first kappa shape index (κ1) is 27.1. The second-order valence-corrected chi connectivity index (χ2v) is 6.66. The van der Waals surface area contributed by atoms with Gasteiger partial charge in [-0.05, 0) is 55.0 Å². The van der Waals surface area contributed by atoms with Crippen LogP contribution in [0.25, 0.3) is 0 Å². The molecule has 4 nitrogen and oxygen atoms in total. The lowest BCUT2D eigenvalue weighted by Gasteiger charge is -2.16. The molecule has 30 heavy (non-hydrogen) atoms. The number of carbonyl (C=O) groups excluding carboxylic acids is 2. The van der Waals surface area contributed by atoms with Crippen LogP contribution >= 0.6 is 0 Å². The van der Waals surface area contributed by atoms with Crippen molar-refractivity contribution in [3.8, 4) is 5.75 Å². The van der Waals surface area contributed by atoms with E-state index in [9.17, 15) is 9.90 Å². The number of unbranched alkanes of at least 4 members (excludes halogenated alkanes) is 1. The fraction of sp³-hybridized carbons (Fsp3) is 0.385. The second kappa shape index (κ2) is 18.2. The van der Waals surface area contributed by atoms with E-state index in [1.165, 1.54) is 24.1 Å². The highest BCUT2D eigenvalue weighted by molar-refractivity contribution is 5.94. The van der Waals surface area contributed by atoms with Crippen LogP contribution in [0.3, 0.4) is 0 Å². The summed E-state index contributed by atoms with van der Waals surface area (Å²) in [6, 6.07) is 16.8. The minimum Gasteiger partial charge on any atom is -0.508 e. The van der Waals surface area contributed by atoms with Gasteiger partial charge in [0, 0.05) is 12.1 Å². The van der Waals surface area contributed by atoms with E-state index in [1.54, 1.807) is 12.1 Å². The zero-order valence-electron chi connectivity index (χ0n) is 18.6. The molecule has 0 fully saturated rings. The molecule has 1 atom stereocenters. The number of hydrogen-bond donors (Lipinski definition) is 2. The third-order valence-corrected chi connectivity index (χ3v) is 4.48. The van der Waals surface area contributed by atoms with Gasteiger partial charge in [0.25, 0.3) is 5.91 Å². The van der Waals surface area contributed by atoms with Crippen LogP contribution < -0.4 is 5.32 Å². The van der Waals surface area contributed by atoms with E-state index < -0.39 is 0 Å². The van der Waals surface area contributed by atoms with Crippen LogP contribution in [0.5, 0.6) is 5.75 Å². The lowest BCUT2D eigenvalue weighted by molar-refractivity contribution is -0.0980. The summed E-state index contributed by atoms with van der Waals surface area (Å²) in [4.78, 5) is 20.2. The maximum atomic E-state index is 12.2. The molecular formula is C26H37NO3. The van der Waals surface area contributed by atoms with Crippen LogP contribution in [0.15, 0.2) is 66.7 Å². The molecule has 2 rings (SSSR count). The summed E-state index contributed by atoms with van der Waals surface area (Å²) in [5.41, 5.74) is 1.89. The Hall–Kier alpha value is -2.88. The molecule has 0 heterocycles. The summed E-state index contributed by atoms with van der Waals surface area (Å²) in [5.74, 6) is 0.536. The van der Waals surface area contributed by atoms with Crippen molar-refractivity contribution < 1.29 is 14.7 Å². The molecule has 1 unspecified atom stereocenters. The van der Waals surface area contributed by atoms with Crippen molar-refractivity contribution in [2.24, 2.45) is 5.92 Å². The van der Waals surface area contributed by atoms with Crippen LogP contribution in [0.2, 0.25) is 0 Å². The van der Waals surface area contributed by atoms with Gasteiger partial charge in [-0.25, -0.2) is 0 Å². The summed E-state index contributed by atoms with van der Waals surface area (Å²) in [6.07, 6.45) is 9.82. The minimum absolute atomic E-state index is 0.0836. The predicted octanol–water partition coefficient (Wildman–Crippen LogP) is 5.96. The highest BCUT2D eigenvalue weighted by atomic mass is 16.3. The molecule has 0 saturated heterocycles. The van der Waals surface area contributed by atoms with Crippen molar-refractivity contribution in [2.75, 3.05) is 6.54 Å². The average Bonchev–Trinajstić information content (AvgIpc) is 2.81. The van der Waals surface area contributed by atoms with Gasteiger partial charge in [0.2, 0.25) is 0 Å². The van der Waals surface area contributed by atoms with Crippen molar-refractivity contribution in [1.29, 1.82) is 0 Å². The summed E-state index contributed by atoms with van der Waals surface area (Å²) in [7, 11) is 0. The summed E-state index contributed by atoms with van der Waals surface area (Å²) in [5, 5.41) is 12.3. The summed E-state index contributed by atoms with van der Waals surface area (Å²) < 4.78 is 0. The van der Waals surface area contributed by atoms with Gasteiger partial charge in [0.1, 0.15) is 12.5 Å². The van der Waals surface area contributed by atoms with Crippen molar-refractivity contribution in [3.63, 3.8) is 0 Å². The van der Waals surface area contributed by atoms with Gasteiger partial charge in [0.15, 0.2) is 0 Å². The van der Waals surface area contributed by atoms with Crippen LogP contribution in [0.1, 0.15) is 62.4 Å². The van der Waals surface area contributed by atoms with E-state index in [1.807, 2.05) is 26.7 Å². The number of benzene rings is 2. The largest absolute Gasteiger partial charge is 0.508 e. The van der Waals surface area contributed by atoms with E-state index in [2.05, 4.69) is 48.7 Å². The maximum absolute atomic E-state index is 12.2. The number of amides is 1. The topological polar surface area (TPSA) is 66.4 Å². The Morgan fingerprint density at radius 3 is 2.27 bits per heavy atom. The SMILES string of the molecule is C=O.CC.CCCCC(CC=CCc1ccccc1)CNC(=O)c1ccc(O)cc1. The van der Waals surface area contributed by atoms with Gasteiger partial charge in [-0.15, -0.1) is 0 Å². The third-order valence-electron chi connectivity index (χ3n) is 4.48. The molecule has 0 saturated carbocycles. The van der Waals surface area contributed by atoms with Gasteiger partial charge >= 0.3 is 0 Å². The normalized spacial score (nSPS) is 10.9. The highest BCUT2D eigenvalue weighted by Gasteiger charge is 2.10. The molecule has 0 spiro atoms. The Morgan fingerprint density at radius 1 is 1.03 bits per heavy atom. The summed E-state index contributed by atoms with van der Waals surface area (Å²) >= 11 is 0. The molecule has 4 heteroatoms. The Balaban J connectivity index is 0.00000198. The first-order valence-electron chi connectivity index (χ1n) is 10.7. The number of nitrogens with one attached hydrogen (secondary N) is 1. The molecule has 2 aromatic carbocycles. The number of phenolic OH excluding ortho intramolecular Hbond substituents is 1. The third kappa shape index (κ3) is 11.8. The fourth-order valence-electron chi connectivity index (χ4n) is 2.87.